The largest absolute Gasteiger partial charge is 0.459 e. The minimum Gasteiger partial charge on any atom is -0.459 e. The van der Waals surface area contributed by atoms with E-state index in [1.165, 1.54) is 4.90 Å². The Morgan fingerprint density at radius 3 is 2.60 bits per heavy atom. The number of rotatable bonds is 4. The molecule has 0 unspecified atom stereocenters. The highest BCUT2D eigenvalue weighted by molar-refractivity contribution is 5.82. The van der Waals surface area contributed by atoms with Crippen LogP contribution in [0.3, 0.4) is 0 Å². The second-order valence-corrected chi connectivity index (χ2v) is 6.84. The van der Waals surface area contributed by atoms with Crippen LogP contribution in [0, 0.1) is 0 Å². The molecule has 0 N–H and O–H groups in total. The molecule has 2 rings (SSSR count). The van der Waals surface area contributed by atoms with Gasteiger partial charge >= 0.3 is 12.1 Å². The van der Waals surface area contributed by atoms with E-state index in [0.29, 0.717) is 0 Å². The Balaban J connectivity index is 2.06. The number of nitrogens with zero attached hydrogens (tertiary/aromatic N) is 4. The highest BCUT2D eigenvalue weighted by Crippen LogP contribution is 2.24. The smallest absolute Gasteiger partial charge is 0.411 e. The standard InChI is InChI=1S/C17H22N4O4/c1-17(2,3)25-16(23)21-10-13(19-20-18)9-14(21)15(22)24-11-12-7-5-4-6-8-12/h4-8,13-14H,9-11H2,1-3H3/t13-,14+/m0/s1. The molecule has 1 saturated heterocycles. The van der Waals surface area contributed by atoms with E-state index in [2.05, 4.69) is 10.0 Å². The zero-order valence-corrected chi connectivity index (χ0v) is 14.6. The van der Waals surface area contributed by atoms with Gasteiger partial charge in [0.05, 0.1) is 6.04 Å². The van der Waals surface area contributed by atoms with Crippen LogP contribution in [0.25, 0.3) is 10.4 Å². The lowest BCUT2D eigenvalue weighted by molar-refractivity contribution is -0.150. The number of benzene rings is 1. The summed E-state index contributed by atoms with van der Waals surface area (Å²) in [6.45, 7) is 5.48. The van der Waals surface area contributed by atoms with Gasteiger partial charge in [-0.3, -0.25) is 4.90 Å². The van der Waals surface area contributed by atoms with E-state index >= 15 is 0 Å². The number of hydrogen-bond donors (Lipinski definition) is 0. The molecule has 25 heavy (non-hydrogen) atoms. The van der Waals surface area contributed by atoms with Crippen molar-refractivity contribution >= 4 is 12.1 Å². The lowest BCUT2D eigenvalue weighted by atomic mass is 10.2. The van der Waals surface area contributed by atoms with E-state index in [9.17, 15) is 9.59 Å². The van der Waals surface area contributed by atoms with Gasteiger partial charge in [-0.25, -0.2) is 9.59 Å². The first-order valence-electron chi connectivity index (χ1n) is 8.04. The van der Waals surface area contributed by atoms with Gasteiger partial charge in [-0.15, -0.1) is 0 Å². The molecule has 0 aliphatic carbocycles. The van der Waals surface area contributed by atoms with Crippen LogP contribution in [-0.2, 0) is 20.9 Å². The predicted octanol–water partition coefficient (Wildman–Crippen LogP) is 3.42. The number of carbonyl (C=O) groups excluding carboxylic acids is 2. The van der Waals surface area contributed by atoms with Crippen LogP contribution in [-0.4, -0.2) is 41.2 Å². The molecule has 134 valence electrons. The Labute approximate surface area is 146 Å². The zero-order chi connectivity index (χ0) is 18.4. The van der Waals surface area contributed by atoms with Crippen molar-refractivity contribution in [3.05, 3.63) is 46.3 Å². The third kappa shape index (κ3) is 5.39. The zero-order valence-electron chi connectivity index (χ0n) is 14.6. The molecular formula is C17H22N4O4. The molecule has 0 aromatic heterocycles. The Bertz CT molecular complexity index is 665. The lowest BCUT2D eigenvalue weighted by Crippen LogP contribution is -2.44. The molecule has 1 aromatic carbocycles. The lowest BCUT2D eigenvalue weighted by Gasteiger charge is -2.27. The molecule has 2 atom stereocenters. The van der Waals surface area contributed by atoms with E-state index in [4.69, 9.17) is 15.0 Å². The monoisotopic (exact) mass is 346 g/mol. The summed E-state index contributed by atoms with van der Waals surface area (Å²) < 4.78 is 10.7. The number of likely N-dealkylation sites (tertiary alicyclic amines) is 1. The normalized spacial score (nSPS) is 19.9. The van der Waals surface area contributed by atoms with E-state index in [0.717, 1.165) is 5.56 Å². The first-order valence-corrected chi connectivity index (χ1v) is 8.04. The molecule has 1 aromatic rings. The summed E-state index contributed by atoms with van der Waals surface area (Å²) in [7, 11) is 0. The van der Waals surface area contributed by atoms with E-state index in [-0.39, 0.29) is 19.6 Å². The van der Waals surface area contributed by atoms with Crippen molar-refractivity contribution in [1.82, 2.24) is 4.90 Å². The second kappa shape index (κ2) is 7.90. The van der Waals surface area contributed by atoms with Crippen LogP contribution in [0.2, 0.25) is 0 Å². The van der Waals surface area contributed by atoms with Crippen LogP contribution < -0.4 is 0 Å². The van der Waals surface area contributed by atoms with Gasteiger partial charge in [0, 0.05) is 11.5 Å². The molecule has 1 amide bonds. The Hall–Kier alpha value is -2.73. The van der Waals surface area contributed by atoms with Gasteiger partial charge in [-0.2, -0.15) is 0 Å². The summed E-state index contributed by atoms with van der Waals surface area (Å²) in [5.74, 6) is -0.537. The van der Waals surface area contributed by atoms with Gasteiger partial charge in [-0.05, 0) is 38.3 Å². The van der Waals surface area contributed by atoms with Crippen LogP contribution in [0.15, 0.2) is 35.4 Å². The fraction of sp³-hybridized carbons (Fsp3) is 0.529. The predicted molar refractivity (Wildman–Crippen MR) is 90.5 cm³/mol. The number of ether oxygens (including phenoxy) is 2. The molecule has 1 heterocycles. The molecular weight excluding hydrogens is 324 g/mol. The molecule has 0 saturated carbocycles. The van der Waals surface area contributed by atoms with Crippen LogP contribution >= 0.6 is 0 Å². The summed E-state index contributed by atoms with van der Waals surface area (Å²) in [6.07, 6.45) is -0.401. The van der Waals surface area contributed by atoms with E-state index in [1.807, 2.05) is 30.3 Å². The second-order valence-electron chi connectivity index (χ2n) is 6.84. The average molecular weight is 346 g/mol. The summed E-state index contributed by atoms with van der Waals surface area (Å²) in [5, 5.41) is 3.63. The Morgan fingerprint density at radius 2 is 2.00 bits per heavy atom. The Kier molecular flexibility index (Phi) is 5.88. The molecule has 0 bridgehead atoms. The van der Waals surface area contributed by atoms with Crippen molar-refractivity contribution in [2.75, 3.05) is 6.54 Å². The maximum atomic E-state index is 12.4. The SMILES string of the molecule is CC(C)(C)OC(=O)N1C[C@@H](N=[N+]=[N-])C[C@@H]1C(=O)OCc1ccccc1. The van der Waals surface area contributed by atoms with E-state index < -0.39 is 29.7 Å². The van der Waals surface area contributed by atoms with Crippen molar-refractivity contribution in [1.29, 1.82) is 0 Å². The minimum absolute atomic E-state index is 0.116. The first-order chi connectivity index (χ1) is 11.8. The van der Waals surface area contributed by atoms with Gasteiger partial charge in [0.2, 0.25) is 0 Å². The third-order valence-corrected chi connectivity index (χ3v) is 3.62. The fourth-order valence-corrected chi connectivity index (χ4v) is 2.54. The topological polar surface area (TPSA) is 105 Å². The van der Waals surface area contributed by atoms with Gasteiger partial charge in [0.15, 0.2) is 0 Å². The number of esters is 1. The van der Waals surface area contributed by atoms with Crippen molar-refractivity contribution in [2.45, 2.75) is 51.5 Å². The van der Waals surface area contributed by atoms with Gasteiger partial charge in [0.25, 0.3) is 0 Å². The number of carbonyl (C=O) groups is 2. The molecule has 0 radical (unpaired) electrons. The third-order valence-electron chi connectivity index (χ3n) is 3.62. The van der Waals surface area contributed by atoms with E-state index in [1.54, 1.807) is 20.8 Å². The molecule has 0 spiro atoms. The summed E-state index contributed by atoms with van der Waals surface area (Å²) in [5.41, 5.74) is 8.79. The first kappa shape index (κ1) is 18.6. The summed E-state index contributed by atoms with van der Waals surface area (Å²) in [6, 6.07) is 7.96. The minimum atomic E-state index is -0.825. The summed E-state index contributed by atoms with van der Waals surface area (Å²) in [4.78, 5) is 28.8. The fourth-order valence-electron chi connectivity index (χ4n) is 2.54. The van der Waals surface area contributed by atoms with Crippen molar-refractivity contribution in [3.63, 3.8) is 0 Å². The molecule has 1 aliphatic heterocycles. The maximum absolute atomic E-state index is 12.4. The van der Waals surface area contributed by atoms with Gasteiger partial charge in [-0.1, -0.05) is 35.4 Å². The average Bonchev–Trinajstić information content (AvgIpc) is 2.97. The quantitative estimate of drug-likeness (QED) is 0.360. The van der Waals surface area contributed by atoms with Crippen molar-refractivity contribution in [2.24, 2.45) is 5.11 Å². The van der Waals surface area contributed by atoms with Gasteiger partial charge < -0.3 is 9.47 Å². The molecule has 8 heteroatoms. The Morgan fingerprint density at radius 1 is 1.32 bits per heavy atom. The van der Waals surface area contributed by atoms with Crippen LogP contribution in [0.4, 0.5) is 4.79 Å². The summed E-state index contributed by atoms with van der Waals surface area (Å²) >= 11 is 0. The number of hydrogen-bond acceptors (Lipinski definition) is 5. The number of amides is 1. The van der Waals surface area contributed by atoms with Crippen molar-refractivity contribution in [3.8, 4) is 0 Å². The molecule has 1 aliphatic rings. The molecule has 8 nitrogen and oxygen atoms in total. The van der Waals surface area contributed by atoms with Crippen molar-refractivity contribution < 1.29 is 19.1 Å². The maximum Gasteiger partial charge on any atom is 0.411 e. The van der Waals surface area contributed by atoms with Crippen LogP contribution in [0.1, 0.15) is 32.8 Å². The van der Waals surface area contributed by atoms with Gasteiger partial charge in [0.1, 0.15) is 18.2 Å². The molecule has 1 fully saturated rings. The number of azide groups is 1. The van der Waals surface area contributed by atoms with Crippen LogP contribution in [0.5, 0.6) is 0 Å². The highest BCUT2D eigenvalue weighted by atomic mass is 16.6. The highest BCUT2D eigenvalue weighted by Gasteiger charge is 2.42.